The summed E-state index contributed by atoms with van der Waals surface area (Å²) in [5, 5.41) is 8.53. The van der Waals surface area contributed by atoms with Gasteiger partial charge in [0.15, 0.2) is 0 Å². The molecule has 0 amide bonds. The third-order valence-corrected chi connectivity index (χ3v) is 2.19. The Morgan fingerprint density at radius 2 is 2.15 bits per heavy atom. The highest BCUT2D eigenvalue weighted by atomic mass is 16.4. The molecule has 0 radical (unpaired) electrons. The van der Waals surface area contributed by atoms with Crippen LogP contribution in [-0.4, -0.2) is 36.1 Å². The molecule has 3 nitrogen and oxygen atoms in total. The van der Waals surface area contributed by atoms with Gasteiger partial charge >= 0.3 is 5.97 Å². The number of piperidine rings is 1. The van der Waals surface area contributed by atoms with Gasteiger partial charge in [0.2, 0.25) is 0 Å². The Balaban J connectivity index is 0.000000671. The Kier molecular flexibility index (Phi) is 6.59. The Morgan fingerprint density at radius 3 is 2.62 bits per heavy atom. The minimum atomic E-state index is -0.662. The largest absolute Gasteiger partial charge is 0.481 e. The Bertz CT molecular complexity index is 148. The van der Waals surface area contributed by atoms with Gasteiger partial charge in [0, 0.05) is 13.0 Å². The monoisotopic (exact) mass is 187 g/mol. The van der Waals surface area contributed by atoms with Crippen LogP contribution in [-0.2, 0) is 4.79 Å². The maximum absolute atomic E-state index is 10.4. The highest BCUT2D eigenvalue weighted by Crippen LogP contribution is 2.17. The Hall–Kier alpha value is -0.570. The van der Waals surface area contributed by atoms with E-state index in [0.29, 0.717) is 12.3 Å². The molecule has 13 heavy (non-hydrogen) atoms. The summed E-state index contributed by atoms with van der Waals surface area (Å²) >= 11 is 0. The van der Waals surface area contributed by atoms with Crippen molar-refractivity contribution in [2.75, 3.05) is 20.1 Å². The SMILES string of the molecule is CC.CN1CCCC(CC(=O)O)C1. The molecule has 1 heterocycles. The number of likely N-dealkylation sites (tertiary alicyclic amines) is 1. The molecular formula is C10H21NO2. The first kappa shape index (κ1) is 12.4. The minimum absolute atomic E-state index is 0.338. The maximum atomic E-state index is 10.4. The predicted octanol–water partition coefficient (Wildman–Crippen LogP) is 1.83. The van der Waals surface area contributed by atoms with Gasteiger partial charge in [-0.2, -0.15) is 0 Å². The van der Waals surface area contributed by atoms with Gasteiger partial charge in [-0.3, -0.25) is 4.79 Å². The van der Waals surface area contributed by atoms with E-state index >= 15 is 0 Å². The maximum Gasteiger partial charge on any atom is 0.303 e. The molecule has 1 N–H and O–H groups in total. The smallest absolute Gasteiger partial charge is 0.303 e. The van der Waals surface area contributed by atoms with Crippen molar-refractivity contribution in [2.24, 2.45) is 5.92 Å². The lowest BCUT2D eigenvalue weighted by atomic mass is 9.95. The molecule has 1 saturated heterocycles. The topological polar surface area (TPSA) is 40.5 Å². The Labute approximate surface area is 80.7 Å². The second-order valence-corrected chi connectivity index (χ2v) is 3.37. The molecule has 1 fully saturated rings. The van der Waals surface area contributed by atoms with Crippen LogP contribution >= 0.6 is 0 Å². The second-order valence-electron chi connectivity index (χ2n) is 3.37. The third-order valence-electron chi connectivity index (χ3n) is 2.19. The summed E-state index contributed by atoms with van der Waals surface area (Å²) in [6.07, 6.45) is 2.56. The number of carboxylic acids is 1. The van der Waals surface area contributed by atoms with E-state index in [-0.39, 0.29) is 0 Å². The van der Waals surface area contributed by atoms with Crippen molar-refractivity contribution in [3.05, 3.63) is 0 Å². The molecule has 0 bridgehead atoms. The summed E-state index contributed by atoms with van der Waals surface area (Å²) in [7, 11) is 2.05. The van der Waals surface area contributed by atoms with Crippen LogP contribution < -0.4 is 0 Å². The average molecular weight is 187 g/mol. The number of hydrogen-bond donors (Lipinski definition) is 1. The van der Waals surface area contributed by atoms with E-state index in [9.17, 15) is 4.79 Å². The van der Waals surface area contributed by atoms with Crippen LogP contribution in [0.2, 0.25) is 0 Å². The number of carboxylic acid groups (broad SMARTS) is 1. The van der Waals surface area contributed by atoms with Crippen LogP contribution in [0.5, 0.6) is 0 Å². The highest BCUT2D eigenvalue weighted by molar-refractivity contribution is 5.67. The van der Waals surface area contributed by atoms with Crippen LogP contribution in [0.1, 0.15) is 33.1 Å². The first-order valence-electron chi connectivity index (χ1n) is 5.09. The fourth-order valence-corrected chi connectivity index (χ4v) is 1.69. The first-order chi connectivity index (χ1) is 6.18. The van der Waals surface area contributed by atoms with Gasteiger partial charge in [-0.1, -0.05) is 13.8 Å². The van der Waals surface area contributed by atoms with Crippen molar-refractivity contribution in [2.45, 2.75) is 33.1 Å². The van der Waals surface area contributed by atoms with E-state index in [0.717, 1.165) is 25.9 Å². The molecule has 1 unspecified atom stereocenters. The van der Waals surface area contributed by atoms with E-state index in [1.54, 1.807) is 0 Å². The summed E-state index contributed by atoms with van der Waals surface area (Å²) < 4.78 is 0. The van der Waals surface area contributed by atoms with Crippen LogP contribution in [0.3, 0.4) is 0 Å². The average Bonchev–Trinajstić information content (AvgIpc) is 2.06. The van der Waals surface area contributed by atoms with Gasteiger partial charge in [-0.25, -0.2) is 0 Å². The molecule has 0 aromatic rings. The summed E-state index contributed by atoms with van der Waals surface area (Å²) in [6.45, 7) is 6.07. The zero-order valence-electron chi connectivity index (χ0n) is 8.92. The molecule has 1 rings (SSSR count). The fourth-order valence-electron chi connectivity index (χ4n) is 1.69. The van der Waals surface area contributed by atoms with Crippen molar-refractivity contribution < 1.29 is 9.90 Å². The zero-order chi connectivity index (χ0) is 10.3. The lowest BCUT2D eigenvalue weighted by Gasteiger charge is -2.28. The number of hydrogen-bond acceptors (Lipinski definition) is 2. The molecule has 3 heteroatoms. The molecular weight excluding hydrogens is 166 g/mol. The fraction of sp³-hybridized carbons (Fsp3) is 0.900. The number of rotatable bonds is 2. The molecule has 0 aliphatic carbocycles. The van der Waals surface area contributed by atoms with Crippen molar-refractivity contribution in [3.63, 3.8) is 0 Å². The van der Waals surface area contributed by atoms with E-state index in [1.165, 1.54) is 0 Å². The lowest BCUT2D eigenvalue weighted by molar-refractivity contribution is -0.138. The molecule has 1 aliphatic rings. The first-order valence-corrected chi connectivity index (χ1v) is 5.09. The molecule has 1 atom stereocenters. The van der Waals surface area contributed by atoms with Crippen LogP contribution in [0.4, 0.5) is 0 Å². The Morgan fingerprint density at radius 1 is 1.54 bits per heavy atom. The highest BCUT2D eigenvalue weighted by Gasteiger charge is 2.19. The number of aliphatic carboxylic acids is 1. The molecule has 78 valence electrons. The third kappa shape index (κ3) is 5.64. The van der Waals surface area contributed by atoms with Gasteiger partial charge < -0.3 is 10.0 Å². The summed E-state index contributed by atoms with van der Waals surface area (Å²) in [5.74, 6) is -0.281. The van der Waals surface area contributed by atoms with Crippen molar-refractivity contribution in [1.29, 1.82) is 0 Å². The summed E-state index contributed by atoms with van der Waals surface area (Å²) in [4.78, 5) is 12.6. The normalized spacial score (nSPS) is 23.2. The van der Waals surface area contributed by atoms with Gasteiger partial charge in [-0.05, 0) is 32.4 Å². The molecule has 1 aliphatic heterocycles. The van der Waals surface area contributed by atoms with Crippen molar-refractivity contribution >= 4 is 5.97 Å². The summed E-state index contributed by atoms with van der Waals surface area (Å²) in [5.41, 5.74) is 0. The van der Waals surface area contributed by atoms with Gasteiger partial charge in [0.25, 0.3) is 0 Å². The van der Waals surface area contributed by atoms with E-state index in [4.69, 9.17) is 5.11 Å². The molecule has 0 aromatic heterocycles. The van der Waals surface area contributed by atoms with Gasteiger partial charge in [0.05, 0.1) is 0 Å². The van der Waals surface area contributed by atoms with E-state index in [1.807, 2.05) is 20.9 Å². The van der Waals surface area contributed by atoms with E-state index in [2.05, 4.69) is 4.90 Å². The number of carbonyl (C=O) groups is 1. The van der Waals surface area contributed by atoms with Gasteiger partial charge in [-0.15, -0.1) is 0 Å². The van der Waals surface area contributed by atoms with Crippen LogP contribution in [0.15, 0.2) is 0 Å². The van der Waals surface area contributed by atoms with Crippen molar-refractivity contribution in [3.8, 4) is 0 Å². The molecule has 0 aromatic carbocycles. The van der Waals surface area contributed by atoms with E-state index < -0.39 is 5.97 Å². The van der Waals surface area contributed by atoms with Gasteiger partial charge in [0.1, 0.15) is 0 Å². The zero-order valence-corrected chi connectivity index (χ0v) is 8.92. The molecule has 0 spiro atoms. The second kappa shape index (κ2) is 6.89. The standard InChI is InChI=1S/C8H15NO2.C2H6/c1-9-4-2-3-7(6-9)5-8(10)11;1-2/h7H,2-6H2,1H3,(H,10,11);1-2H3. The lowest BCUT2D eigenvalue weighted by Crippen LogP contribution is -2.33. The quantitative estimate of drug-likeness (QED) is 0.717. The van der Waals surface area contributed by atoms with Crippen LogP contribution in [0, 0.1) is 5.92 Å². The van der Waals surface area contributed by atoms with Crippen LogP contribution in [0.25, 0.3) is 0 Å². The minimum Gasteiger partial charge on any atom is -0.481 e. The molecule has 0 saturated carbocycles. The van der Waals surface area contributed by atoms with Crippen molar-refractivity contribution in [1.82, 2.24) is 4.90 Å². The summed E-state index contributed by atoms with van der Waals surface area (Å²) in [6, 6.07) is 0. The number of nitrogens with zero attached hydrogens (tertiary/aromatic N) is 1. The predicted molar refractivity (Wildman–Crippen MR) is 53.8 cm³/mol.